The van der Waals surface area contributed by atoms with E-state index in [9.17, 15) is 14.4 Å². The highest BCUT2D eigenvalue weighted by Gasteiger charge is 2.44. The number of rotatable bonds is 4. The molecule has 3 saturated heterocycles. The van der Waals surface area contributed by atoms with Crippen molar-refractivity contribution in [1.82, 2.24) is 20.0 Å². The van der Waals surface area contributed by atoms with Crippen LogP contribution in [-0.2, 0) is 14.3 Å². The molecule has 0 aromatic rings. The number of carbonyl (C=O) groups excluding carboxylic acids is 3. The minimum absolute atomic E-state index is 0.0938. The summed E-state index contributed by atoms with van der Waals surface area (Å²) in [7, 11) is 0. The molecule has 0 radical (unpaired) electrons. The first-order valence-electron chi connectivity index (χ1n) is 12.5. The maximum absolute atomic E-state index is 13.0. The summed E-state index contributed by atoms with van der Waals surface area (Å²) in [5, 5.41) is 3.28. The van der Waals surface area contributed by atoms with Crippen LogP contribution < -0.4 is 5.32 Å². The predicted octanol–water partition coefficient (Wildman–Crippen LogP) is 1.35. The highest BCUT2D eigenvalue weighted by Crippen LogP contribution is 2.26. The van der Waals surface area contributed by atoms with Gasteiger partial charge in [0.1, 0.15) is 11.2 Å². The van der Waals surface area contributed by atoms with Gasteiger partial charge in [-0.15, -0.1) is 0 Å². The molecule has 0 aromatic carbocycles. The van der Waals surface area contributed by atoms with Gasteiger partial charge in [0.05, 0.1) is 32.7 Å². The SMILES string of the molecule is CC(C)(C)OC(=O)C[N+]1(CC2CN(C(=O)OC(C)(C)C)C2)CCN(C(=O)N2CCNCC2)CC1. The average molecular weight is 483 g/mol. The van der Waals surface area contributed by atoms with Crippen molar-refractivity contribution >= 4 is 18.1 Å². The van der Waals surface area contributed by atoms with Crippen molar-refractivity contribution in [2.24, 2.45) is 5.92 Å². The Balaban J connectivity index is 1.60. The molecule has 3 rings (SSSR count). The molecule has 0 aromatic heterocycles. The van der Waals surface area contributed by atoms with E-state index in [1.165, 1.54) is 0 Å². The number of quaternary nitrogens is 1. The van der Waals surface area contributed by atoms with Gasteiger partial charge in [-0.05, 0) is 41.5 Å². The lowest BCUT2D eigenvalue weighted by atomic mass is 9.97. The van der Waals surface area contributed by atoms with Gasteiger partial charge in [0, 0.05) is 45.2 Å². The van der Waals surface area contributed by atoms with Crippen molar-refractivity contribution in [1.29, 1.82) is 0 Å². The predicted molar refractivity (Wildman–Crippen MR) is 128 cm³/mol. The number of hydrogen-bond acceptors (Lipinski definition) is 6. The Morgan fingerprint density at radius 1 is 0.824 bits per heavy atom. The molecule has 3 aliphatic rings. The molecule has 0 saturated carbocycles. The molecule has 10 nitrogen and oxygen atoms in total. The van der Waals surface area contributed by atoms with Crippen molar-refractivity contribution < 1.29 is 28.3 Å². The van der Waals surface area contributed by atoms with Gasteiger partial charge in [-0.2, -0.15) is 0 Å². The maximum Gasteiger partial charge on any atom is 0.410 e. The second-order valence-corrected chi connectivity index (χ2v) is 12.0. The standard InChI is InChI=1S/C24H44N5O5/c1-23(2,3)33-20(30)18-29(17-19-15-28(16-19)22(32)34-24(4,5)6)13-11-27(12-14-29)21(31)26-9-7-25-8-10-26/h19,25H,7-18H2,1-6H3/q+1. The lowest BCUT2D eigenvalue weighted by Crippen LogP contribution is -2.67. The minimum Gasteiger partial charge on any atom is -0.456 e. The highest BCUT2D eigenvalue weighted by molar-refractivity contribution is 5.75. The Bertz CT molecular complexity index is 740. The van der Waals surface area contributed by atoms with E-state index in [0.717, 1.165) is 32.7 Å². The van der Waals surface area contributed by atoms with E-state index < -0.39 is 11.2 Å². The number of amides is 3. The highest BCUT2D eigenvalue weighted by atomic mass is 16.6. The fourth-order valence-electron chi connectivity index (χ4n) is 4.90. The molecule has 3 amide bonds. The smallest absolute Gasteiger partial charge is 0.410 e. The van der Waals surface area contributed by atoms with Gasteiger partial charge in [0.25, 0.3) is 0 Å². The molecule has 0 bridgehead atoms. The number of nitrogens with zero attached hydrogens (tertiary/aromatic N) is 4. The van der Waals surface area contributed by atoms with Crippen molar-refractivity contribution in [2.75, 3.05) is 78.5 Å². The molecular weight excluding hydrogens is 438 g/mol. The number of carbonyl (C=O) groups is 3. The molecule has 0 spiro atoms. The van der Waals surface area contributed by atoms with Crippen LogP contribution in [0.1, 0.15) is 41.5 Å². The van der Waals surface area contributed by atoms with Crippen LogP contribution in [0, 0.1) is 5.92 Å². The molecule has 3 fully saturated rings. The normalized spacial score (nSPS) is 21.6. The topological polar surface area (TPSA) is 91.4 Å². The number of esters is 1. The number of hydrogen-bond donors (Lipinski definition) is 1. The summed E-state index contributed by atoms with van der Waals surface area (Å²) in [4.78, 5) is 43.6. The van der Waals surface area contributed by atoms with Gasteiger partial charge in [-0.1, -0.05) is 0 Å². The van der Waals surface area contributed by atoms with Crippen LogP contribution in [0.25, 0.3) is 0 Å². The van der Waals surface area contributed by atoms with Crippen LogP contribution in [0.3, 0.4) is 0 Å². The summed E-state index contributed by atoms with van der Waals surface area (Å²) in [6, 6.07) is 0.0938. The number of nitrogens with one attached hydrogen (secondary N) is 1. The molecule has 0 unspecified atom stereocenters. The third-order valence-corrected chi connectivity index (χ3v) is 6.49. The van der Waals surface area contributed by atoms with Crippen molar-refractivity contribution in [2.45, 2.75) is 52.7 Å². The van der Waals surface area contributed by atoms with Crippen LogP contribution >= 0.6 is 0 Å². The lowest BCUT2D eigenvalue weighted by Gasteiger charge is -2.49. The largest absolute Gasteiger partial charge is 0.456 e. The van der Waals surface area contributed by atoms with Crippen molar-refractivity contribution in [3.8, 4) is 0 Å². The molecule has 10 heteroatoms. The molecule has 3 aliphatic heterocycles. The van der Waals surface area contributed by atoms with Crippen LogP contribution in [-0.4, -0.2) is 127 Å². The van der Waals surface area contributed by atoms with Crippen LogP contribution in [0.4, 0.5) is 9.59 Å². The molecule has 194 valence electrons. The van der Waals surface area contributed by atoms with E-state index in [0.29, 0.717) is 49.7 Å². The second kappa shape index (κ2) is 10.3. The van der Waals surface area contributed by atoms with E-state index in [-0.39, 0.29) is 24.6 Å². The van der Waals surface area contributed by atoms with E-state index in [2.05, 4.69) is 5.32 Å². The summed E-state index contributed by atoms with van der Waals surface area (Å²) >= 11 is 0. The molecular formula is C24H44N5O5+. The molecule has 1 N–H and O–H groups in total. The Morgan fingerprint density at radius 2 is 1.35 bits per heavy atom. The second-order valence-electron chi connectivity index (χ2n) is 12.0. The minimum atomic E-state index is -0.537. The van der Waals surface area contributed by atoms with Gasteiger partial charge in [-0.3, -0.25) is 0 Å². The zero-order chi connectivity index (χ0) is 25.1. The lowest BCUT2D eigenvalue weighted by molar-refractivity contribution is -0.928. The first-order valence-corrected chi connectivity index (χ1v) is 12.5. The zero-order valence-electron chi connectivity index (χ0n) is 21.9. The van der Waals surface area contributed by atoms with E-state index in [1.807, 2.05) is 51.3 Å². The number of ether oxygens (including phenoxy) is 2. The molecule has 34 heavy (non-hydrogen) atoms. The Hall–Kier alpha value is -2.07. The van der Waals surface area contributed by atoms with Gasteiger partial charge < -0.3 is 34.0 Å². The summed E-state index contributed by atoms with van der Waals surface area (Å²) in [5.41, 5.74) is -1.05. The van der Waals surface area contributed by atoms with E-state index >= 15 is 0 Å². The summed E-state index contributed by atoms with van der Waals surface area (Å²) < 4.78 is 11.7. The Labute approximate surface area is 204 Å². The number of urea groups is 1. The van der Waals surface area contributed by atoms with Crippen molar-refractivity contribution in [3.63, 3.8) is 0 Å². The number of piperazine rings is 2. The van der Waals surface area contributed by atoms with Crippen molar-refractivity contribution in [3.05, 3.63) is 0 Å². The molecule has 0 aliphatic carbocycles. The zero-order valence-corrected chi connectivity index (χ0v) is 21.9. The quantitative estimate of drug-likeness (QED) is 0.481. The fourth-order valence-corrected chi connectivity index (χ4v) is 4.90. The third kappa shape index (κ3) is 7.46. The monoisotopic (exact) mass is 482 g/mol. The Morgan fingerprint density at radius 3 is 1.88 bits per heavy atom. The van der Waals surface area contributed by atoms with Gasteiger partial charge in [0.15, 0.2) is 6.54 Å². The summed E-state index contributed by atoms with van der Waals surface area (Å²) in [6.07, 6.45) is -0.283. The van der Waals surface area contributed by atoms with Gasteiger partial charge in [-0.25, -0.2) is 14.4 Å². The van der Waals surface area contributed by atoms with E-state index in [1.54, 1.807) is 4.90 Å². The van der Waals surface area contributed by atoms with E-state index in [4.69, 9.17) is 9.47 Å². The van der Waals surface area contributed by atoms with Crippen LogP contribution in [0.2, 0.25) is 0 Å². The van der Waals surface area contributed by atoms with Gasteiger partial charge in [0.2, 0.25) is 0 Å². The first-order chi connectivity index (χ1) is 15.8. The third-order valence-electron chi connectivity index (χ3n) is 6.49. The Kier molecular flexibility index (Phi) is 8.02. The van der Waals surface area contributed by atoms with Crippen LogP contribution in [0.5, 0.6) is 0 Å². The maximum atomic E-state index is 13.0. The van der Waals surface area contributed by atoms with Crippen LogP contribution in [0.15, 0.2) is 0 Å². The average Bonchev–Trinajstić information content (AvgIpc) is 2.68. The molecule has 3 heterocycles. The number of likely N-dealkylation sites (tertiary alicyclic amines) is 1. The fraction of sp³-hybridized carbons (Fsp3) is 0.875. The summed E-state index contributed by atoms with van der Waals surface area (Å²) in [5.74, 6) is 0.0862. The summed E-state index contributed by atoms with van der Waals surface area (Å²) in [6.45, 7) is 19.3. The molecule has 0 atom stereocenters. The van der Waals surface area contributed by atoms with Gasteiger partial charge >= 0.3 is 18.1 Å². The first kappa shape index (κ1) is 26.5.